The number of hydrogen-bond acceptors (Lipinski definition) is 4. The molecule has 0 radical (unpaired) electrons. The van der Waals surface area contributed by atoms with Crippen molar-refractivity contribution in [3.63, 3.8) is 0 Å². The molecule has 0 bridgehead atoms. The highest BCUT2D eigenvalue weighted by Crippen LogP contribution is 2.34. The zero-order chi connectivity index (χ0) is 13.9. The quantitative estimate of drug-likeness (QED) is 0.663. The Morgan fingerprint density at radius 2 is 2.15 bits per heavy atom. The van der Waals surface area contributed by atoms with Gasteiger partial charge >= 0.3 is 0 Å². The van der Waals surface area contributed by atoms with Gasteiger partial charge in [0.2, 0.25) is 0 Å². The number of nitrogens with two attached hydrogens (primary N) is 1. The number of hydrogen-bond donors (Lipinski definition) is 2. The number of benzene rings is 1. The molecule has 0 spiro atoms. The van der Waals surface area contributed by atoms with E-state index in [0.717, 1.165) is 31.0 Å². The van der Waals surface area contributed by atoms with Gasteiger partial charge in [0, 0.05) is 6.42 Å². The van der Waals surface area contributed by atoms with E-state index in [1.54, 1.807) is 0 Å². The van der Waals surface area contributed by atoms with Gasteiger partial charge in [-0.15, -0.1) is 0 Å². The number of hydrazine groups is 1. The van der Waals surface area contributed by atoms with Crippen molar-refractivity contribution < 1.29 is 9.15 Å². The van der Waals surface area contributed by atoms with Crippen LogP contribution in [0, 0.1) is 6.92 Å². The standard InChI is InChI=1S/C16H20N2O2/c1-11-6-7-15(20-11)14(18-17)10-16-13-5-3-2-4-12(13)8-9-19-16/h2-7,14,16,18H,8-10,17H2,1H3. The number of furan rings is 1. The Hall–Kier alpha value is -1.62. The summed E-state index contributed by atoms with van der Waals surface area (Å²) in [7, 11) is 0. The van der Waals surface area contributed by atoms with E-state index in [2.05, 4.69) is 29.7 Å². The lowest BCUT2D eigenvalue weighted by molar-refractivity contribution is 0.0276. The molecule has 4 nitrogen and oxygen atoms in total. The fourth-order valence-corrected chi connectivity index (χ4v) is 2.79. The molecule has 20 heavy (non-hydrogen) atoms. The lowest BCUT2D eigenvalue weighted by Gasteiger charge is -2.28. The Labute approximate surface area is 118 Å². The Morgan fingerprint density at radius 3 is 2.90 bits per heavy atom. The van der Waals surface area contributed by atoms with E-state index < -0.39 is 0 Å². The normalized spacial score (nSPS) is 19.6. The predicted octanol–water partition coefficient (Wildman–Crippen LogP) is 2.80. The first kappa shape index (κ1) is 13.4. The molecule has 1 aliphatic rings. The highest BCUT2D eigenvalue weighted by atomic mass is 16.5. The highest BCUT2D eigenvalue weighted by molar-refractivity contribution is 5.31. The lowest BCUT2D eigenvalue weighted by atomic mass is 9.93. The monoisotopic (exact) mass is 272 g/mol. The Balaban J connectivity index is 1.80. The van der Waals surface area contributed by atoms with Crippen LogP contribution < -0.4 is 11.3 Å². The van der Waals surface area contributed by atoms with E-state index in [0.29, 0.717) is 0 Å². The zero-order valence-electron chi connectivity index (χ0n) is 11.6. The molecule has 0 fully saturated rings. The van der Waals surface area contributed by atoms with Crippen LogP contribution in [-0.2, 0) is 11.2 Å². The summed E-state index contributed by atoms with van der Waals surface area (Å²) in [5.74, 6) is 7.44. The largest absolute Gasteiger partial charge is 0.465 e. The first-order chi connectivity index (χ1) is 9.78. The number of nitrogens with one attached hydrogen (secondary N) is 1. The molecule has 106 valence electrons. The van der Waals surface area contributed by atoms with Gasteiger partial charge in [-0.2, -0.15) is 0 Å². The second kappa shape index (κ2) is 5.79. The third-order valence-corrected chi connectivity index (χ3v) is 3.85. The van der Waals surface area contributed by atoms with E-state index in [1.807, 2.05) is 19.1 Å². The van der Waals surface area contributed by atoms with Gasteiger partial charge in [-0.3, -0.25) is 5.84 Å². The van der Waals surface area contributed by atoms with Crippen LogP contribution in [0.2, 0.25) is 0 Å². The van der Waals surface area contributed by atoms with Crippen LogP contribution in [0.4, 0.5) is 0 Å². The van der Waals surface area contributed by atoms with Crippen molar-refractivity contribution in [1.82, 2.24) is 5.43 Å². The van der Waals surface area contributed by atoms with Gasteiger partial charge in [-0.25, -0.2) is 5.43 Å². The average Bonchev–Trinajstić information content (AvgIpc) is 2.91. The number of aryl methyl sites for hydroxylation is 1. The molecule has 2 unspecified atom stereocenters. The molecule has 1 aromatic heterocycles. The van der Waals surface area contributed by atoms with Gasteiger partial charge in [-0.05, 0) is 36.6 Å². The zero-order valence-corrected chi connectivity index (χ0v) is 11.6. The Kier molecular flexibility index (Phi) is 3.87. The first-order valence-corrected chi connectivity index (χ1v) is 7.00. The fourth-order valence-electron chi connectivity index (χ4n) is 2.79. The van der Waals surface area contributed by atoms with E-state index in [-0.39, 0.29) is 12.1 Å². The van der Waals surface area contributed by atoms with Crippen LogP contribution in [0.25, 0.3) is 0 Å². The van der Waals surface area contributed by atoms with Crippen molar-refractivity contribution in [1.29, 1.82) is 0 Å². The molecule has 0 saturated heterocycles. The molecule has 2 atom stereocenters. The molecular formula is C16H20N2O2. The molecule has 3 rings (SSSR count). The molecule has 1 aromatic carbocycles. The van der Waals surface area contributed by atoms with Crippen LogP contribution >= 0.6 is 0 Å². The minimum Gasteiger partial charge on any atom is -0.465 e. The van der Waals surface area contributed by atoms with Gasteiger partial charge in [0.15, 0.2) is 0 Å². The van der Waals surface area contributed by atoms with E-state index in [1.165, 1.54) is 11.1 Å². The maximum atomic E-state index is 5.93. The Morgan fingerprint density at radius 1 is 1.30 bits per heavy atom. The summed E-state index contributed by atoms with van der Waals surface area (Å²) in [6, 6.07) is 12.3. The smallest absolute Gasteiger partial charge is 0.122 e. The summed E-state index contributed by atoms with van der Waals surface area (Å²) in [5, 5.41) is 0. The van der Waals surface area contributed by atoms with E-state index >= 15 is 0 Å². The number of rotatable bonds is 4. The highest BCUT2D eigenvalue weighted by Gasteiger charge is 2.25. The predicted molar refractivity (Wildman–Crippen MR) is 77.0 cm³/mol. The van der Waals surface area contributed by atoms with Crippen molar-refractivity contribution in [2.45, 2.75) is 31.9 Å². The topological polar surface area (TPSA) is 60.4 Å². The van der Waals surface area contributed by atoms with Crippen LogP contribution in [0.3, 0.4) is 0 Å². The van der Waals surface area contributed by atoms with Crippen molar-refractivity contribution in [2.24, 2.45) is 5.84 Å². The van der Waals surface area contributed by atoms with Crippen LogP contribution in [-0.4, -0.2) is 6.61 Å². The molecule has 0 saturated carbocycles. The minimum atomic E-state index is -0.0418. The van der Waals surface area contributed by atoms with Gasteiger partial charge in [0.25, 0.3) is 0 Å². The van der Waals surface area contributed by atoms with Crippen molar-refractivity contribution >= 4 is 0 Å². The SMILES string of the molecule is Cc1ccc(C(CC2OCCc3ccccc32)NN)o1. The molecule has 2 aromatic rings. The summed E-state index contributed by atoms with van der Waals surface area (Å²) in [6.45, 7) is 2.69. The minimum absolute atomic E-state index is 0.0418. The van der Waals surface area contributed by atoms with Crippen LogP contribution in [0.5, 0.6) is 0 Å². The summed E-state index contributed by atoms with van der Waals surface area (Å²) < 4.78 is 11.6. The number of ether oxygens (including phenoxy) is 1. The average molecular weight is 272 g/mol. The fraction of sp³-hybridized carbons (Fsp3) is 0.375. The molecular weight excluding hydrogens is 252 g/mol. The van der Waals surface area contributed by atoms with Crippen molar-refractivity contribution in [3.05, 3.63) is 59.0 Å². The molecule has 3 N–H and O–H groups in total. The summed E-state index contributed by atoms with van der Waals surface area (Å²) in [5.41, 5.74) is 5.47. The molecule has 0 amide bonds. The maximum absolute atomic E-state index is 5.93. The molecule has 0 aliphatic carbocycles. The second-order valence-electron chi connectivity index (χ2n) is 5.21. The third-order valence-electron chi connectivity index (χ3n) is 3.85. The van der Waals surface area contributed by atoms with Crippen LogP contribution in [0.1, 0.15) is 41.2 Å². The lowest BCUT2D eigenvalue weighted by Crippen LogP contribution is -2.30. The van der Waals surface area contributed by atoms with Crippen LogP contribution in [0.15, 0.2) is 40.8 Å². The Bertz CT molecular complexity index is 579. The summed E-state index contributed by atoms with van der Waals surface area (Å²) in [6.07, 6.45) is 1.81. The van der Waals surface area contributed by atoms with Crippen molar-refractivity contribution in [2.75, 3.05) is 6.61 Å². The van der Waals surface area contributed by atoms with E-state index in [9.17, 15) is 0 Å². The number of fused-ring (bicyclic) bond motifs is 1. The van der Waals surface area contributed by atoms with E-state index in [4.69, 9.17) is 15.0 Å². The summed E-state index contributed by atoms with van der Waals surface area (Å²) >= 11 is 0. The van der Waals surface area contributed by atoms with Gasteiger partial charge < -0.3 is 9.15 Å². The molecule has 1 aliphatic heterocycles. The van der Waals surface area contributed by atoms with Gasteiger partial charge in [0.1, 0.15) is 11.5 Å². The molecule has 2 heterocycles. The van der Waals surface area contributed by atoms with Gasteiger partial charge in [0.05, 0.1) is 18.8 Å². The van der Waals surface area contributed by atoms with Crippen molar-refractivity contribution in [3.8, 4) is 0 Å². The van der Waals surface area contributed by atoms with Gasteiger partial charge in [-0.1, -0.05) is 24.3 Å². The first-order valence-electron chi connectivity index (χ1n) is 7.00. The second-order valence-corrected chi connectivity index (χ2v) is 5.21. The third kappa shape index (κ3) is 2.63. The maximum Gasteiger partial charge on any atom is 0.122 e. The molecule has 4 heteroatoms. The summed E-state index contributed by atoms with van der Waals surface area (Å²) in [4.78, 5) is 0.